The second-order valence-corrected chi connectivity index (χ2v) is 5.11. The molecule has 0 spiro atoms. The van der Waals surface area contributed by atoms with Gasteiger partial charge in [0.2, 0.25) is 0 Å². The number of nitrogens with zero attached hydrogens (tertiary/aromatic N) is 3. The normalized spacial score (nSPS) is 10.6. The van der Waals surface area contributed by atoms with Gasteiger partial charge in [0, 0.05) is 5.02 Å². The molecule has 0 saturated carbocycles. The van der Waals surface area contributed by atoms with Gasteiger partial charge < -0.3 is 10.1 Å². The maximum absolute atomic E-state index is 10.7. The Morgan fingerprint density at radius 2 is 2.28 bits per heavy atom. The van der Waals surface area contributed by atoms with Crippen LogP contribution in [0, 0.1) is 17.0 Å². The van der Waals surface area contributed by atoms with E-state index in [0.29, 0.717) is 16.0 Å². The minimum absolute atomic E-state index is 0.196. The van der Waals surface area contributed by atoms with Crippen LogP contribution in [0.1, 0.15) is 11.1 Å². The van der Waals surface area contributed by atoms with Crippen LogP contribution in [0.25, 0.3) is 0 Å². The third-order valence-corrected chi connectivity index (χ3v) is 3.32. The van der Waals surface area contributed by atoms with Crippen molar-refractivity contribution in [2.24, 2.45) is 0 Å². The molecule has 0 aliphatic carbocycles. The van der Waals surface area contributed by atoms with Crippen molar-refractivity contribution in [1.29, 1.82) is 0 Å². The Morgan fingerprint density at radius 1 is 1.56 bits per heavy atom. The van der Waals surface area contributed by atoms with Gasteiger partial charge in [0.05, 0.1) is 17.8 Å². The van der Waals surface area contributed by atoms with Gasteiger partial charge in [-0.15, -0.1) is 0 Å². The van der Waals surface area contributed by atoms with Crippen LogP contribution in [-0.4, -0.2) is 14.7 Å². The van der Waals surface area contributed by atoms with E-state index in [0.717, 1.165) is 11.1 Å². The van der Waals surface area contributed by atoms with Gasteiger partial charge in [-0.3, -0.25) is 0 Å². The van der Waals surface area contributed by atoms with Crippen LogP contribution in [0.3, 0.4) is 0 Å². The van der Waals surface area contributed by atoms with Gasteiger partial charge in [-0.1, -0.05) is 23.7 Å². The van der Waals surface area contributed by atoms with E-state index in [1.54, 1.807) is 6.20 Å². The van der Waals surface area contributed by atoms with Crippen LogP contribution in [-0.2, 0) is 6.54 Å². The van der Waals surface area contributed by atoms with Crippen molar-refractivity contribution in [3.05, 3.63) is 55.1 Å². The molecule has 94 valence electrons. The number of nitro groups is 1. The monoisotopic (exact) mass is 329 g/mol. The maximum Gasteiger partial charge on any atom is 0.404 e. The quantitative estimate of drug-likeness (QED) is 0.638. The largest absolute Gasteiger partial charge is 0.404 e. The van der Waals surface area contributed by atoms with Crippen molar-refractivity contribution in [3.8, 4) is 0 Å². The summed E-state index contributed by atoms with van der Waals surface area (Å²) < 4.78 is 1.84. The number of halogens is 2. The first-order chi connectivity index (χ1) is 8.47. The molecule has 0 bridgehead atoms. The van der Waals surface area contributed by atoms with Crippen LogP contribution in [0.2, 0.25) is 5.02 Å². The van der Waals surface area contributed by atoms with E-state index >= 15 is 0 Å². The molecule has 0 unspecified atom stereocenters. The number of benzene rings is 1. The smallest absolute Gasteiger partial charge is 0.358 e. The molecule has 0 atom stereocenters. The SMILES string of the molecule is Cc1ccc(Cn2cc(Br)c([N+](=O)[O-])n2)c(Cl)c1. The van der Waals surface area contributed by atoms with Crippen molar-refractivity contribution in [1.82, 2.24) is 9.78 Å². The van der Waals surface area contributed by atoms with E-state index in [2.05, 4.69) is 21.0 Å². The van der Waals surface area contributed by atoms with Crippen molar-refractivity contribution >= 4 is 33.3 Å². The molecule has 1 aromatic carbocycles. The summed E-state index contributed by atoms with van der Waals surface area (Å²) in [5.74, 6) is -0.196. The summed E-state index contributed by atoms with van der Waals surface area (Å²) in [5.41, 5.74) is 1.93. The van der Waals surface area contributed by atoms with Gasteiger partial charge in [-0.2, -0.15) is 4.68 Å². The van der Waals surface area contributed by atoms with Crippen molar-refractivity contribution in [2.45, 2.75) is 13.5 Å². The van der Waals surface area contributed by atoms with Crippen LogP contribution in [0.4, 0.5) is 5.82 Å². The Labute approximate surface area is 117 Å². The molecule has 7 heteroatoms. The van der Waals surface area contributed by atoms with Gasteiger partial charge in [0.25, 0.3) is 0 Å². The van der Waals surface area contributed by atoms with Crippen LogP contribution in [0.5, 0.6) is 0 Å². The van der Waals surface area contributed by atoms with E-state index in [4.69, 9.17) is 11.6 Å². The van der Waals surface area contributed by atoms with Crippen molar-refractivity contribution in [3.63, 3.8) is 0 Å². The molecule has 0 aliphatic heterocycles. The highest BCUT2D eigenvalue weighted by Gasteiger charge is 2.18. The lowest BCUT2D eigenvalue weighted by Gasteiger charge is -2.02. The van der Waals surface area contributed by atoms with E-state index in [1.165, 1.54) is 4.68 Å². The zero-order chi connectivity index (χ0) is 13.3. The van der Waals surface area contributed by atoms with Crippen LogP contribution < -0.4 is 0 Å². The molecule has 0 N–H and O–H groups in total. The number of hydrogen-bond acceptors (Lipinski definition) is 3. The van der Waals surface area contributed by atoms with Crippen molar-refractivity contribution in [2.75, 3.05) is 0 Å². The molecule has 18 heavy (non-hydrogen) atoms. The van der Waals surface area contributed by atoms with Gasteiger partial charge >= 0.3 is 5.82 Å². The van der Waals surface area contributed by atoms with E-state index in [1.807, 2.05) is 25.1 Å². The summed E-state index contributed by atoms with van der Waals surface area (Å²) in [6.07, 6.45) is 1.56. The first kappa shape index (κ1) is 13.0. The molecule has 5 nitrogen and oxygen atoms in total. The minimum atomic E-state index is -0.530. The molecule has 1 heterocycles. The predicted molar refractivity (Wildman–Crippen MR) is 71.9 cm³/mol. The summed E-state index contributed by atoms with van der Waals surface area (Å²) in [4.78, 5) is 10.1. The Morgan fingerprint density at radius 3 is 2.83 bits per heavy atom. The zero-order valence-corrected chi connectivity index (χ0v) is 11.8. The highest BCUT2D eigenvalue weighted by molar-refractivity contribution is 9.10. The Balaban J connectivity index is 2.29. The highest BCUT2D eigenvalue weighted by Crippen LogP contribution is 2.24. The second kappa shape index (κ2) is 5.07. The fourth-order valence-electron chi connectivity index (χ4n) is 1.55. The summed E-state index contributed by atoms with van der Waals surface area (Å²) in [7, 11) is 0. The van der Waals surface area contributed by atoms with E-state index in [9.17, 15) is 10.1 Å². The highest BCUT2D eigenvalue weighted by atomic mass is 79.9. The first-order valence-electron chi connectivity index (χ1n) is 5.10. The molecule has 0 fully saturated rings. The van der Waals surface area contributed by atoms with E-state index in [-0.39, 0.29) is 5.82 Å². The predicted octanol–water partition coefficient (Wildman–Crippen LogP) is 3.56. The average molecular weight is 331 g/mol. The second-order valence-electron chi connectivity index (χ2n) is 3.85. The lowest BCUT2D eigenvalue weighted by atomic mass is 10.1. The van der Waals surface area contributed by atoms with E-state index < -0.39 is 4.92 Å². The topological polar surface area (TPSA) is 61.0 Å². The lowest BCUT2D eigenvalue weighted by Crippen LogP contribution is -2.02. The summed E-state index contributed by atoms with van der Waals surface area (Å²) in [6.45, 7) is 2.34. The Bertz CT molecular complexity index is 612. The fourth-order valence-corrected chi connectivity index (χ4v) is 2.30. The summed E-state index contributed by atoms with van der Waals surface area (Å²) in [5, 5.41) is 15.2. The Kier molecular flexibility index (Phi) is 3.68. The average Bonchev–Trinajstić information content (AvgIpc) is 2.64. The molecule has 0 amide bonds. The third kappa shape index (κ3) is 2.70. The number of rotatable bonds is 3. The third-order valence-electron chi connectivity index (χ3n) is 2.41. The zero-order valence-electron chi connectivity index (χ0n) is 9.43. The molecular formula is C11H9BrClN3O2. The summed E-state index contributed by atoms with van der Waals surface area (Å²) >= 11 is 9.21. The molecule has 0 radical (unpaired) electrons. The number of hydrogen-bond donors (Lipinski definition) is 0. The lowest BCUT2D eigenvalue weighted by molar-refractivity contribution is -0.390. The molecule has 0 saturated heterocycles. The summed E-state index contributed by atoms with van der Waals surface area (Å²) in [6, 6.07) is 5.68. The van der Waals surface area contributed by atoms with Gasteiger partial charge in [-0.25, -0.2) is 0 Å². The van der Waals surface area contributed by atoms with Crippen molar-refractivity contribution < 1.29 is 4.92 Å². The molecule has 1 aromatic heterocycles. The van der Waals surface area contributed by atoms with Gasteiger partial charge in [-0.05, 0) is 45.0 Å². The first-order valence-corrected chi connectivity index (χ1v) is 6.27. The molecule has 2 aromatic rings. The molecular weight excluding hydrogens is 321 g/mol. The maximum atomic E-state index is 10.7. The fraction of sp³-hybridized carbons (Fsp3) is 0.182. The van der Waals surface area contributed by atoms with Crippen LogP contribution in [0.15, 0.2) is 28.9 Å². The number of aromatic nitrogens is 2. The Hall–Kier alpha value is -1.40. The van der Waals surface area contributed by atoms with Gasteiger partial charge in [0.1, 0.15) is 4.47 Å². The van der Waals surface area contributed by atoms with Crippen LogP contribution >= 0.6 is 27.5 Å². The van der Waals surface area contributed by atoms with Gasteiger partial charge in [0.15, 0.2) is 0 Å². The molecule has 0 aliphatic rings. The molecule has 2 rings (SSSR count). The standard InChI is InChI=1S/C11H9BrClN3O2/c1-7-2-3-8(10(13)4-7)5-15-6-9(12)11(14-15)16(17)18/h2-4,6H,5H2,1H3. The number of aryl methyl sites for hydroxylation is 1. The minimum Gasteiger partial charge on any atom is -0.358 e.